The summed E-state index contributed by atoms with van der Waals surface area (Å²) < 4.78 is 0. The monoisotopic (exact) mass is 381 g/mol. The number of rotatable bonds is 4. The van der Waals surface area contributed by atoms with E-state index >= 15 is 0 Å². The molecule has 3 rings (SSSR count). The Morgan fingerprint density at radius 2 is 1.88 bits per heavy atom. The van der Waals surface area contributed by atoms with Gasteiger partial charge in [0.15, 0.2) is 11.6 Å². The van der Waals surface area contributed by atoms with Gasteiger partial charge in [0, 0.05) is 11.8 Å². The predicted octanol–water partition coefficient (Wildman–Crippen LogP) is 1.83. The summed E-state index contributed by atoms with van der Waals surface area (Å²) in [5.74, 6) is -0.180. The molecular weight excluding hydrogens is 365 g/mol. The van der Waals surface area contributed by atoms with Gasteiger partial charge in [0.1, 0.15) is 0 Å². The molecule has 3 aromatic rings. The molecule has 6 N–H and O–H groups in total. The van der Waals surface area contributed by atoms with Crippen LogP contribution in [0.3, 0.4) is 0 Å². The first kappa shape index (κ1) is 20.2. The van der Waals surface area contributed by atoms with Crippen molar-refractivity contribution in [3.63, 3.8) is 0 Å². The quantitative estimate of drug-likeness (QED) is 0.403. The molecule has 132 valence electrons. The number of carbonyl (C=O) groups is 1. The Bertz CT molecular complexity index is 873. The number of fused-ring (bicyclic) bond motifs is 1. The first-order valence-electron chi connectivity index (χ1n) is 6.87. The molecular formula is C15H17Cl2N7O. The minimum atomic E-state index is -0.216. The number of nitrogens with one attached hydrogen (secondary N) is 2. The van der Waals surface area contributed by atoms with E-state index in [9.17, 15) is 4.79 Å². The lowest BCUT2D eigenvalue weighted by Gasteiger charge is -2.06. The van der Waals surface area contributed by atoms with Crippen molar-refractivity contribution < 1.29 is 4.79 Å². The van der Waals surface area contributed by atoms with Crippen molar-refractivity contribution in [2.24, 2.45) is 16.5 Å². The number of anilines is 1. The summed E-state index contributed by atoms with van der Waals surface area (Å²) in [6, 6.07) is 8.78. The van der Waals surface area contributed by atoms with E-state index in [1.54, 1.807) is 42.7 Å². The third-order valence-corrected chi connectivity index (χ3v) is 3.26. The molecule has 0 spiro atoms. The molecule has 0 atom stereocenters. The molecule has 0 fully saturated rings. The van der Waals surface area contributed by atoms with Gasteiger partial charge < -0.3 is 16.8 Å². The molecule has 1 amide bonds. The number of pyridine rings is 1. The SMILES string of the molecule is Cl.Cl.NC(N)=NCc1ccc(C(=O)Nc2ccnc3[nH]ncc23)cc1. The van der Waals surface area contributed by atoms with Crippen LogP contribution in [0.5, 0.6) is 0 Å². The lowest BCUT2D eigenvalue weighted by Crippen LogP contribution is -2.22. The zero-order valence-corrected chi connectivity index (χ0v) is 14.6. The van der Waals surface area contributed by atoms with Gasteiger partial charge in [-0.2, -0.15) is 5.10 Å². The summed E-state index contributed by atoms with van der Waals surface area (Å²) in [5.41, 5.74) is 13.3. The number of nitrogens with two attached hydrogens (primary N) is 2. The van der Waals surface area contributed by atoms with Gasteiger partial charge in [-0.25, -0.2) is 9.98 Å². The predicted molar refractivity (Wildman–Crippen MR) is 102 cm³/mol. The largest absolute Gasteiger partial charge is 0.370 e. The molecule has 0 radical (unpaired) electrons. The van der Waals surface area contributed by atoms with Crippen LogP contribution in [0.15, 0.2) is 47.7 Å². The van der Waals surface area contributed by atoms with Crippen molar-refractivity contribution in [1.29, 1.82) is 0 Å². The van der Waals surface area contributed by atoms with Crippen LogP contribution in [0.4, 0.5) is 5.69 Å². The van der Waals surface area contributed by atoms with Crippen LogP contribution in [0.1, 0.15) is 15.9 Å². The molecule has 8 nitrogen and oxygen atoms in total. The van der Waals surface area contributed by atoms with Crippen LogP contribution in [-0.2, 0) is 6.54 Å². The summed E-state index contributed by atoms with van der Waals surface area (Å²) in [4.78, 5) is 20.4. The first-order chi connectivity index (χ1) is 11.1. The van der Waals surface area contributed by atoms with Crippen LogP contribution < -0.4 is 16.8 Å². The standard InChI is InChI=1S/C15H15N7O.2ClH/c16-15(17)19-7-9-1-3-10(4-2-9)14(23)21-12-5-6-18-13-11(12)8-20-22-13;;/h1-6,8H,7H2,(H4,16,17,19)(H2,18,20,21,22,23);2*1H. The Morgan fingerprint density at radius 1 is 1.16 bits per heavy atom. The van der Waals surface area contributed by atoms with Gasteiger partial charge in [-0.15, -0.1) is 24.8 Å². The molecule has 25 heavy (non-hydrogen) atoms. The minimum Gasteiger partial charge on any atom is -0.370 e. The second-order valence-corrected chi connectivity index (χ2v) is 4.88. The van der Waals surface area contributed by atoms with E-state index in [0.717, 1.165) is 10.9 Å². The van der Waals surface area contributed by atoms with Crippen molar-refractivity contribution in [1.82, 2.24) is 15.2 Å². The zero-order chi connectivity index (χ0) is 16.2. The third kappa shape index (κ3) is 4.82. The summed E-state index contributed by atoms with van der Waals surface area (Å²) in [5, 5.41) is 10.3. The van der Waals surface area contributed by atoms with Gasteiger partial charge in [-0.05, 0) is 23.8 Å². The molecule has 10 heteroatoms. The summed E-state index contributed by atoms with van der Waals surface area (Å²) in [6.45, 7) is 0.379. The minimum absolute atomic E-state index is 0. The Morgan fingerprint density at radius 3 is 2.56 bits per heavy atom. The number of hydrogen-bond acceptors (Lipinski definition) is 4. The molecule has 2 heterocycles. The third-order valence-electron chi connectivity index (χ3n) is 3.26. The van der Waals surface area contributed by atoms with Gasteiger partial charge in [0.25, 0.3) is 5.91 Å². The van der Waals surface area contributed by atoms with Crippen molar-refractivity contribution in [3.05, 3.63) is 53.9 Å². The fourth-order valence-corrected chi connectivity index (χ4v) is 2.10. The fourth-order valence-electron chi connectivity index (χ4n) is 2.10. The number of aliphatic imine (C=N–C) groups is 1. The zero-order valence-electron chi connectivity index (χ0n) is 13.0. The Labute approximate surface area is 155 Å². The summed E-state index contributed by atoms with van der Waals surface area (Å²) >= 11 is 0. The highest BCUT2D eigenvalue weighted by atomic mass is 35.5. The topological polar surface area (TPSA) is 135 Å². The van der Waals surface area contributed by atoms with Crippen molar-refractivity contribution in [3.8, 4) is 0 Å². The summed E-state index contributed by atoms with van der Waals surface area (Å²) in [7, 11) is 0. The van der Waals surface area contributed by atoms with Gasteiger partial charge in [0.2, 0.25) is 0 Å². The maximum atomic E-state index is 12.3. The highest BCUT2D eigenvalue weighted by molar-refractivity contribution is 6.08. The molecule has 0 bridgehead atoms. The number of hydrogen-bond donors (Lipinski definition) is 4. The average molecular weight is 382 g/mol. The van der Waals surface area contributed by atoms with E-state index in [1.165, 1.54) is 0 Å². The van der Waals surface area contributed by atoms with E-state index in [4.69, 9.17) is 11.5 Å². The van der Waals surface area contributed by atoms with Crippen LogP contribution >= 0.6 is 24.8 Å². The number of aromatic amines is 1. The number of guanidine groups is 1. The fraction of sp³-hybridized carbons (Fsp3) is 0.0667. The molecule has 0 aliphatic rings. The molecule has 0 aliphatic carbocycles. The lowest BCUT2D eigenvalue weighted by molar-refractivity contribution is 0.102. The van der Waals surface area contributed by atoms with Gasteiger partial charge >= 0.3 is 0 Å². The normalized spacial score (nSPS) is 9.60. The van der Waals surface area contributed by atoms with Crippen molar-refractivity contribution in [2.75, 3.05) is 5.32 Å². The maximum absolute atomic E-state index is 12.3. The maximum Gasteiger partial charge on any atom is 0.255 e. The molecule has 1 aromatic carbocycles. The number of nitrogens with zero attached hydrogens (tertiary/aromatic N) is 3. The molecule has 0 saturated heterocycles. The summed E-state index contributed by atoms with van der Waals surface area (Å²) in [6.07, 6.45) is 3.23. The average Bonchev–Trinajstić information content (AvgIpc) is 3.03. The van der Waals surface area contributed by atoms with Crippen LogP contribution in [0.2, 0.25) is 0 Å². The van der Waals surface area contributed by atoms with Crippen LogP contribution in [0, 0.1) is 0 Å². The lowest BCUT2D eigenvalue weighted by atomic mass is 10.1. The molecule has 0 saturated carbocycles. The highest BCUT2D eigenvalue weighted by Gasteiger charge is 2.09. The molecule has 0 aliphatic heterocycles. The van der Waals surface area contributed by atoms with E-state index in [1.807, 2.05) is 0 Å². The van der Waals surface area contributed by atoms with E-state index in [2.05, 4.69) is 25.5 Å². The number of H-pyrrole nitrogens is 1. The Kier molecular flexibility index (Phi) is 7.16. The smallest absolute Gasteiger partial charge is 0.255 e. The molecule has 2 aromatic heterocycles. The van der Waals surface area contributed by atoms with Gasteiger partial charge in [0.05, 0.1) is 23.8 Å². The number of benzene rings is 1. The first-order valence-corrected chi connectivity index (χ1v) is 6.87. The Hall–Kier alpha value is -2.84. The molecule has 0 unspecified atom stereocenters. The van der Waals surface area contributed by atoms with Gasteiger partial charge in [-0.1, -0.05) is 12.1 Å². The Balaban J connectivity index is 0.00000156. The number of carbonyl (C=O) groups excluding carboxylic acids is 1. The van der Waals surface area contributed by atoms with Crippen molar-refractivity contribution in [2.45, 2.75) is 6.54 Å². The second-order valence-electron chi connectivity index (χ2n) is 4.88. The number of halogens is 2. The number of aromatic nitrogens is 3. The van der Waals surface area contributed by atoms with Gasteiger partial charge in [-0.3, -0.25) is 9.89 Å². The van der Waals surface area contributed by atoms with E-state index < -0.39 is 0 Å². The number of amides is 1. The van der Waals surface area contributed by atoms with Crippen molar-refractivity contribution >= 4 is 53.4 Å². The van der Waals surface area contributed by atoms with E-state index in [-0.39, 0.29) is 36.7 Å². The highest BCUT2D eigenvalue weighted by Crippen LogP contribution is 2.20. The van der Waals surface area contributed by atoms with Crippen LogP contribution in [-0.4, -0.2) is 27.0 Å². The van der Waals surface area contributed by atoms with E-state index in [0.29, 0.717) is 23.4 Å². The second kappa shape index (κ2) is 8.86. The van der Waals surface area contributed by atoms with Crippen LogP contribution in [0.25, 0.3) is 11.0 Å².